The highest BCUT2D eigenvalue weighted by Crippen LogP contribution is 2.23. The molecule has 1 N–H and O–H groups in total. The lowest BCUT2D eigenvalue weighted by atomic mass is 10.1. The zero-order valence-corrected chi connectivity index (χ0v) is 22.2. The lowest BCUT2D eigenvalue weighted by molar-refractivity contribution is 0.197. The van der Waals surface area contributed by atoms with Gasteiger partial charge in [0.25, 0.3) is 0 Å². The van der Waals surface area contributed by atoms with E-state index in [0.717, 1.165) is 77.0 Å². The van der Waals surface area contributed by atoms with E-state index in [9.17, 15) is 0 Å². The van der Waals surface area contributed by atoms with Gasteiger partial charge in [0.15, 0.2) is 5.96 Å². The van der Waals surface area contributed by atoms with Crippen LogP contribution < -0.4 is 10.2 Å². The number of ether oxygens (including phenoxy) is 1. The molecular formula is C23H38IN7O. The molecule has 1 aromatic heterocycles. The van der Waals surface area contributed by atoms with Crippen LogP contribution in [0.15, 0.2) is 29.5 Å². The maximum atomic E-state index is 5.18. The van der Waals surface area contributed by atoms with Crippen LogP contribution in [0.4, 0.5) is 5.69 Å². The minimum atomic E-state index is 0. The van der Waals surface area contributed by atoms with Gasteiger partial charge in [0.05, 0.1) is 0 Å². The summed E-state index contributed by atoms with van der Waals surface area (Å²) in [5, 5.41) is 11.8. The van der Waals surface area contributed by atoms with E-state index in [0.29, 0.717) is 0 Å². The number of aryl methyl sites for hydroxylation is 2. The molecule has 0 saturated carbocycles. The molecule has 0 radical (unpaired) electrons. The lowest BCUT2D eigenvalue weighted by Gasteiger charge is -2.38. The Bertz CT molecular complexity index is 847. The summed E-state index contributed by atoms with van der Waals surface area (Å²) >= 11 is 0. The van der Waals surface area contributed by atoms with Crippen LogP contribution in [-0.4, -0.2) is 78.6 Å². The van der Waals surface area contributed by atoms with Gasteiger partial charge in [-0.3, -0.25) is 4.99 Å². The highest BCUT2D eigenvalue weighted by atomic mass is 127. The van der Waals surface area contributed by atoms with Crippen molar-refractivity contribution in [3.8, 4) is 0 Å². The molecule has 1 saturated heterocycles. The lowest BCUT2D eigenvalue weighted by Crippen LogP contribution is -2.53. The van der Waals surface area contributed by atoms with E-state index in [4.69, 9.17) is 9.73 Å². The Hall–Kier alpha value is -1.88. The summed E-state index contributed by atoms with van der Waals surface area (Å²) in [6.07, 6.45) is 3.62. The van der Waals surface area contributed by atoms with Crippen LogP contribution in [-0.2, 0) is 17.7 Å². The predicted molar refractivity (Wildman–Crippen MR) is 141 cm³/mol. The molecule has 0 spiro atoms. The van der Waals surface area contributed by atoms with Crippen molar-refractivity contribution in [2.45, 2.75) is 40.2 Å². The summed E-state index contributed by atoms with van der Waals surface area (Å²) in [6.45, 7) is 13.5. The number of aromatic nitrogens is 3. The third-order valence-electron chi connectivity index (χ3n) is 5.91. The molecule has 0 aliphatic carbocycles. The maximum absolute atomic E-state index is 5.18. The highest BCUT2D eigenvalue weighted by molar-refractivity contribution is 14.0. The topological polar surface area (TPSA) is 70.8 Å². The number of piperazine rings is 1. The summed E-state index contributed by atoms with van der Waals surface area (Å²) in [4.78, 5) is 9.74. The third kappa shape index (κ3) is 7.06. The summed E-state index contributed by atoms with van der Waals surface area (Å²) < 4.78 is 7.29. The minimum absolute atomic E-state index is 0. The first kappa shape index (κ1) is 26.4. The van der Waals surface area contributed by atoms with Crippen molar-refractivity contribution in [1.82, 2.24) is 25.0 Å². The van der Waals surface area contributed by atoms with Crippen LogP contribution >= 0.6 is 24.0 Å². The van der Waals surface area contributed by atoms with E-state index >= 15 is 0 Å². The monoisotopic (exact) mass is 555 g/mol. The van der Waals surface area contributed by atoms with Gasteiger partial charge in [-0.25, -0.2) is 0 Å². The van der Waals surface area contributed by atoms with Crippen molar-refractivity contribution in [2.75, 3.05) is 57.9 Å². The molecule has 0 amide bonds. The Balaban J connectivity index is 0.00000363. The van der Waals surface area contributed by atoms with Crippen molar-refractivity contribution in [1.29, 1.82) is 0 Å². The summed E-state index contributed by atoms with van der Waals surface area (Å²) in [7, 11) is 1.74. The van der Waals surface area contributed by atoms with Gasteiger partial charge in [0, 0.05) is 71.6 Å². The molecule has 0 bridgehead atoms. The fourth-order valence-corrected chi connectivity index (χ4v) is 3.93. The highest BCUT2D eigenvalue weighted by Gasteiger charge is 2.21. The fourth-order valence-electron chi connectivity index (χ4n) is 3.93. The van der Waals surface area contributed by atoms with E-state index < -0.39 is 0 Å². The van der Waals surface area contributed by atoms with Crippen molar-refractivity contribution >= 4 is 35.6 Å². The van der Waals surface area contributed by atoms with Gasteiger partial charge >= 0.3 is 0 Å². The Morgan fingerprint density at radius 3 is 2.69 bits per heavy atom. The standard InChI is InChI=1S/C23H37N7O.HI/c1-5-22-27-26-18-30(22)12-11-25-23(24-10-7-17-31-4)29-15-13-28(14-16-29)21-9-6-8-19(2)20(21)3;/h6,8-9,18H,5,7,10-17H2,1-4H3,(H,24,25);1H. The van der Waals surface area contributed by atoms with Crippen molar-refractivity contribution in [3.05, 3.63) is 41.5 Å². The molecule has 0 atom stereocenters. The van der Waals surface area contributed by atoms with Crippen molar-refractivity contribution in [2.24, 2.45) is 4.99 Å². The van der Waals surface area contributed by atoms with Gasteiger partial charge < -0.3 is 24.4 Å². The Labute approximate surface area is 209 Å². The van der Waals surface area contributed by atoms with Gasteiger partial charge in [0.1, 0.15) is 12.2 Å². The van der Waals surface area contributed by atoms with E-state index in [1.54, 1.807) is 13.4 Å². The molecule has 1 aromatic carbocycles. The molecule has 1 aliphatic rings. The zero-order valence-electron chi connectivity index (χ0n) is 19.9. The van der Waals surface area contributed by atoms with Gasteiger partial charge in [-0.15, -0.1) is 34.2 Å². The summed E-state index contributed by atoms with van der Waals surface area (Å²) in [5.74, 6) is 2.00. The SMILES string of the molecule is CCc1nncn1CCNC(=NCCCOC)N1CCN(c2cccc(C)c2C)CC1.I. The molecule has 178 valence electrons. The van der Waals surface area contributed by atoms with E-state index in [1.165, 1.54) is 16.8 Å². The number of rotatable bonds is 9. The third-order valence-corrected chi connectivity index (χ3v) is 5.91. The number of nitrogens with one attached hydrogen (secondary N) is 1. The van der Waals surface area contributed by atoms with Gasteiger partial charge in [-0.05, 0) is 37.5 Å². The van der Waals surface area contributed by atoms with E-state index in [1.807, 2.05) is 0 Å². The molecule has 2 aromatic rings. The van der Waals surface area contributed by atoms with Crippen LogP contribution in [0.3, 0.4) is 0 Å². The summed E-state index contributed by atoms with van der Waals surface area (Å²) in [5.41, 5.74) is 4.08. The number of hydrogen-bond acceptors (Lipinski definition) is 5. The first-order valence-corrected chi connectivity index (χ1v) is 11.3. The Morgan fingerprint density at radius 1 is 1.19 bits per heavy atom. The Morgan fingerprint density at radius 2 is 1.97 bits per heavy atom. The second-order valence-electron chi connectivity index (χ2n) is 7.97. The number of anilines is 1. The van der Waals surface area contributed by atoms with Gasteiger partial charge in [-0.2, -0.15) is 0 Å². The number of nitrogens with zero attached hydrogens (tertiary/aromatic N) is 6. The molecule has 8 nitrogen and oxygen atoms in total. The van der Waals surface area contributed by atoms with E-state index in [-0.39, 0.29) is 24.0 Å². The first-order valence-electron chi connectivity index (χ1n) is 11.3. The normalized spacial score (nSPS) is 14.4. The van der Waals surface area contributed by atoms with Crippen LogP contribution in [0.5, 0.6) is 0 Å². The zero-order chi connectivity index (χ0) is 22.1. The summed E-state index contributed by atoms with van der Waals surface area (Å²) in [6, 6.07) is 6.58. The molecule has 9 heteroatoms. The number of benzene rings is 1. The second-order valence-corrected chi connectivity index (χ2v) is 7.97. The number of halogens is 1. The average Bonchev–Trinajstić information content (AvgIpc) is 3.25. The minimum Gasteiger partial charge on any atom is -0.385 e. The molecule has 3 rings (SSSR count). The largest absolute Gasteiger partial charge is 0.385 e. The number of hydrogen-bond donors (Lipinski definition) is 1. The molecule has 1 fully saturated rings. The number of guanidine groups is 1. The maximum Gasteiger partial charge on any atom is 0.194 e. The van der Waals surface area contributed by atoms with Gasteiger partial charge in [-0.1, -0.05) is 19.1 Å². The number of aliphatic imine (C=N–C) groups is 1. The quantitative estimate of drug-likeness (QED) is 0.222. The molecule has 32 heavy (non-hydrogen) atoms. The second kappa shape index (κ2) is 13.6. The van der Waals surface area contributed by atoms with Crippen LogP contribution in [0.2, 0.25) is 0 Å². The molecular weight excluding hydrogens is 517 g/mol. The van der Waals surface area contributed by atoms with Crippen molar-refractivity contribution < 1.29 is 4.74 Å². The van der Waals surface area contributed by atoms with Crippen LogP contribution in [0, 0.1) is 13.8 Å². The predicted octanol–water partition coefficient (Wildman–Crippen LogP) is 2.88. The van der Waals surface area contributed by atoms with E-state index in [2.05, 4.69) is 68.9 Å². The van der Waals surface area contributed by atoms with Crippen molar-refractivity contribution in [3.63, 3.8) is 0 Å². The fraction of sp³-hybridized carbons (Fsp3) is 0.609. The molecule has 2 heterocycles. The first-order chi connectivity index (χ1) is 15.1. The average molecular weight is 556 g/mol. The molecule has 0 unspecified atom stereocenters. The number of methoxy groups -OCH3 is 1. The van der Waals surface area contributed by atoms with Crippen LogP contribution in [0.25, 0.3) is 0 Å². The van der Waals surface area contributed by atoms with Crippen LogP contribution in [0.1, 0.15) is 30.3 Å². The smallest absolute Gasteiger partial charge is 0.194 e. The van der Waals surface area contributed by atoms with Gasteiger partial charge in [0.2, 0.25) is 0 Å². The molecule has 1 aliphatic heterocycles. The Kier molecular flexibility index (Phi) is 11.2.